The quantitative estimate of drug-likeness (QED) is 0.910. The molecule has 0 bridgehead atoms. The van der Waals surface area contributed by atoms with Gasteiger partial charge < -0.3 is 15.0 Å². The number of amides is 1. The third-order valence-electron chi connectivity index (χ3n) is 3.39. The summed E-state index contributed by atoms with van der Waals surface area (Å²) in [4.78, 5) is 22.7. The van der Waals surface area contributed by atoms with Crippen LogP contribution in [-0.4, -0.2) is 45.7 Å². The number of ether oxygens (including phenoxy) is 1. The van der Waals surface area contributed by atoms with Crippen molar-refractivity contribution in [1.29, 1.82) is 0 Å². The zero-order valence-corrected chi connectivity index (χ0v) is 14.1. The number of hydrogen-bond acceptors (Lipinski definition) is 5. The van der Waals surface area contributed by atoms with Crippen molar-refractivity contribution in [3.63, 3.8) is 0 Å². The first-order chi connectivity index (χ1) is 10.2. The van der Waals surface area contributed by atoms with E-state index in [2.05, 4.69) is 15.3 Å². The Morgan fingerprint density at radius 1 is 1.32 bits per heavy atom. The number of aromatic nitrogens is 2. The third-order valence-corrected chi connectivity index (χ3v) is 3.39. The topological polar surface area (TPSA) is 67.4 Å². The van der Waals surface area contributed by atoms with E-state index in [1.165, 1.54) is 0 Å². The molecule has 6 heteroatoms. The number of likely N-dealkylation sites (tertiary alicyclic amines) is 1. The second-order valence-corrected chi connectivity index (χ2v) is 6.88. The van der Waals surface area contributed by atoms with E-state index in [1.807, 2.05) is 40.7 Å². The lowest BCUT2D eigenvalue weighted by Crippen LogP contribution is -2.47. The third kappa shape index (κ3) is 4.86. The van der Waals surface area contributed by atoms with Crippen LogP contribution in [0.5, 0.6) is 0 Å². The molecule has 2 heterocycles. The van der Waals surface area contributed by atoms with Gasteiger partial charge in [0, 0.05) is 30.5 Å². The van der Waals surface area contributed by atoms with Crippen LogP contribution in [0.25, 0.3) is 0 Å². The maximum absolute atomic E-state index is 12.2. The van der Waals surface area contributed by atoms with Crippen molar-refractivity contribution in [3.8, 4) is 0 Å². The Morgan fingerprint density at radius 3 is 2.55 bits per heavy atom. The van der Waals surface area contributed by atoms with Crippen molar-refractivity contribution in [3.05, 3.63) is 17.5 Å². The number of piperidine rings is 1. The SMILES string of the molecule is Cc1cc(C)nc(NC2CCCN(C(=O)OC(C)(C)C)C2)n1. The van der Waals surface area contributed by atoms with E-state index >= 15 is 0 Å². The van der Waals surface area contributed by atoms with Gasteiger partial charge in [0.15, 0.2) is 0 Å². The minimum atomic E-state index is -0.464. The molecular formula is C16H26N4O2. The largest absolute Gasteiger partial charge is 0.444 e. The lowest BCUT2D eigenvalue weighted by Gasteiger charge is -2.34. The average molecular weight is 306 g/mol. The molecule has 2 rings (SSSR count). The molecule has 0 saturated carbocycles. The van der Waals surface area contributed by atoms with Gasteiger partial charge in [-0.25, -0.2) is 14.8 Å². The molecule has 1 aromatic heterocycles. The van der Waals surface area contributed by atoms with Crippen molar-refractivity contribution in [2.75, 3.05) is 18.4 Å². The van der Waals surface area contributed by atoms with Gasteiger partial charge in [-0.15, -0.1) is 0 Å². The molecule has 1 aromatic rings. The van der Waals surface area contributed by atoms with Crippen molar-refractivity contribution < 1.29 is 9.53 Å². The summed E-state index contributed by atoms with van der Waals surface area (Å²) in [6.07, 6.45) is 1.69. The first kappa shape index (κ1) is 16.5. The minimum Gasteiger partial charge on any atom is -0.444 e. The highest BCUT2D eigenvalue weighted by Gasteiger charge is 2.27. The second kappa shape index (κ2) is 6.50. The molecule has 122 valence electrons. The highest BCUT2D eigenvalue weighted by molar-refractivity contribution is 5.68. The number of nitrogens with one attached hydrogen (secondary N) is 1. The Bertz CT molecular complexity index is 519. The van der Waals surface area contributed by atoms with E-state index in [-0.39, 0.29) is 12.1 Å². The van der Waals surface area contributed by atoms with Crippen LogP contribution < -0.4 is 5.32 Å². The number of aryl methyl sites for hydroxylation is 2. The number of rotatable bonds is 2. The molecule has 22 heavy (non-hydrogen) atoms. The van der Waals surface area contributed by atoms with Crippen LogP contribution in [0.3, 0.4) is 0 Å². The van der Waals surface area contributed by atoms with E-state index in [4.69, 9.17) is 4.74 Å². The minimum absolute atomic E-state index is 0.155. The van der Waals surface area contributed by atoms with E-state index in [0.29, 0.717) is 12.5 Å². The fourth-order valence-corrected chi connectivity index (χ4v) is 2.56. The summed E-state index contributed by atoms with van der Waals surface area (Å²) >= 11 is 0. The van der Waals surface area contributed by atoms with Gasteiger partial charge in [0.1, 0.15) is 5.60 Å². The van der Waals surface area contributed by atoms with Crippen molar-refractivity contribution >= 4 is 12.0 Å². The van der Waals surface area contributed by atoms with Gasteiger partial charge >= 0.3 is 6.09 Å². The Morgan fingerprint density at radius 2 is 1.95 bits per heavy atom. The van der Waals surface area contributed by atoms with Gasteiger partial charge in [-0.3, -0.25) is 0 Å². The number of carbonyl (C=O) groups excluding carboxylic acids is 1. The molecule has 0 spiro atoms. The molecule has 1 atom stereocenters. The van der Waals surface area contributed by atoms with Gasteiger partial charge in [-0.1, -0.05) is 0 Å². The Kier molecular flexibility index (Phi) is 4.88. The zero-order valence-electron chi connectivity index (χ0n) is 14.1. The fourth-order valence-electron chi connectivity index (χ4n) is 2.56. The van der Waals surface area contributed by atoms with Gasteiger partial charge in [0.2, 0.25) is 5.95 Å². The molecule has 1 saturated heterocycles. The molecule has 0 aromatic carbocycles. The zero-order chi connectivity index (χ0) is 16.3. The Hall–Kier alpha value is -1.85. The Balaban J connectivity index is 1.97. The molecule has 1 unspecified atom stereocenters. The second-order valence-electron chi connectivity index (χ2n) is 6.88. The molecule has 1 aliphatic heterocycles. The van der Waals surface area contributed by atoms with E-state index < -0.39 is 5.60 Å². The lowest BCUT2D eigenvalue weighted by molar-refractivity contribution is 0.0206. The van der Waals surface area contributed by atoms with Crippen LogP contribution in [0, 0.1) is 13.8 Å². The number of carbonyl (C=O) groups is 1. The smallest absolute Gasteiger partial charge is 0.410 e. The molecule has 1 fully saturated rings. The summed E-state index contributed by atoms with van der Waals surface area (Å²) in [5.74, 6) is 0.633. The van der Waals surface area contributed by atoms with Crippen LogP contribution in [0.15, 0.2) is 6.07 Å². The van der Waals surface area contributed by atoms with Crippen LogP contribution >= 0.6 is 0 Å². The van der Waals surface area contributed by atoms with Crippen molar-refractivity contribution in [2.45, 2.75) is 59.1 Å². The van der Waals surface area contributed by atoms with Crippen LogP contribution in [0.2, 0.25) is 0 Å². The number of nitrogens with zero attached hydrogens (tertiary/aromatic N) is 3. The molecular weight excluding hydrogens is 280 g/mol. The standard InChI is InChI=1S/C16H26N4O2/c1-11-9-12(2)18-14(17-11)19-13-7-6-8-20(10-13)15(21)22-16(3,4)5/h9,13H,6-8,10H2,1-5H3,(H,17,18,19). The van der Waals surface area contributed by atoms with Crippen molar-refractivity contribution in [1.82, 2.24) is 14.9 Å². The summed E-state index contributed by atoms with van der Waals surface area (Å²) in [7, 11) is 0. The maximum atomic E-state index is 12.2. The van der Waals surface area contributed by atoms with E-state index in [9.17, 15) is 4.79 Å². The summed E-state index contributed by atoms with van der Waals surface area (Å²) in [5, 5.41) is 3.34. The molecule has 1 amide bonds. The van der Waals surface area contributed by atoms with Crippen molar-refractivity contribution in [2.24, 2.45) is 0 Å². The van der Waals surface area contributed by atoms with Gasteiger partial charge in [-0.2, -0.15) is 0 Å². The van der Waals surface area contributed by atoms with Gasteiger partial charge in [0.05, 0.1) is 0 Å². The van der Waals surface area contributed by atoms with E-state index in [1.54, 1.807) is 4.90 Å². The number of hydrogen-bond donors (Lipinski definition) is 1. The van der Waals surface area contributed by atoms with Crippen LogP contribution in [0.1, 0.15) is 45.0 Å². The summed E-state index contributed by atoms with van der Waals surface area (Å²) < 4.78 is 5.44. The normalized spacial score (nSPS) is 19.0. The first-order valence-corrected chi connectivity index (χ1v) is 7.80. The molecule has 0 radical (unpaired) electrons. The highest BCUT2D eigenvalue weighted by Crippen LogP contribution is 2.17. The predicted octanol–water partition coefficient (Wildman–Crippen LogP) is 2.90. The monoisotopic (exact) mass is 306 g/mol. The molecule has 0 aliphatic carbocycles. The Labute approximate surface area is 132 Å². The predicted molar refractivity (Wildman–Crippen MR) is 86.0 cm³/mol. The molecule has 6 nitrogen and oxygen atoms in total. The number of anilines is 1. The maximum Gasteiger partial charge on any atom is 0.410 e. The molecule has 1 N–H and O–H groups in total. The molecule has 1 aliphatic rings. The van der Waals surface area contributed by atoms with E-state index in [0.717, 1.165) is 30.8 Å². The van der Waals surface area contributed by atoms with Gasteiger partial charge in [0.25, 0.3) is 0 Å². The van der Waals surface area contributed by atoms with Crippen LogP contribution in [-0.2, 0) is 4.74 Å². The lowest BCUT2D eigenvalue weighted by atomic mass is 10.1. The first-order valence-electron chi connectivity index (χ1n) is 7.80. The summed E-state index contributed by atoms with van der Waals surface area (Å²) in [6.45, 7) is 10.9. The fraction of sp³-hybridized carbons (Fsp3) is 0.688. The highest BCUT2D eigenvalue weighted by atomic mass is 16.6. The van der Waals surface area contributed by atoms with Crippen LogP contribution in [0.4, 0.5) is 10.7 Å². The average Bonchev–Trinajstić information content (AvgIpc) is 2.35. The summed E-state index contributed by atoms with van der Waals surface area (Å²) in [5.41, 5.74) is 1.42. The van der Waals surface area contributed by atoms with Gasteiger partial charge in [-0.05, 0) is 53.5 Å². The summed E-state index contributed by atoms with van der Waals surface area (Å²) in [6, 6.07) is 2.10.